The highest BCUT2D eigenvalue weighted by atomic mass is 16.4. The number of nitrogens with zero attached hydrogens (tertiary/aromatic N) is 4. The topological polar surface area (TPSA) is 148 Å². The predicted molar refractivity (Wildman–Crippen MR) is 125 cm³/mol. The van der Waals surface area contributed by atoms with Gasteiger partial charge in [0.25, 0.3) is 5.91 Å². The van der Waals surface area contributed by atoms with Gasteiger partial charge in [-0.15, -0.1) is 6.58 Å². The summed E-state index contributed by atoms with van der Waals surface area (Å²) in [5.41, 5.74) is 8.74. The molecule has 166 valence electrons. The molecule has 0 saturated heterocycles. The van der Waals surface area contributed by atoms with Crippen LogP contribution in [0.5, 0.6) is 0 Å². The minimum atomic E-state index is -1.15. The van der Waals surface area contributed by atoms with Crippen LogP contribution in [0.4, 0.5) is 16.4 Å². The molecule has 4 aromatic rings. The Kier molecular flexibility index (Phi) is 5.98. The summed E-state index contributed by atoms with van der Waals surface area (Å²) < 4.78 is 1.80. The summed E-state index contributed by atoms with van der Waals surface area (Å²) in [5.74, 6) is 0.484. The van der Waals surface area contributed by atoms with Crippen molar-refractivity contribution < 1.29 is 14.7 Å². The zero-order chi connectivity index (χ0) is 23.4. The van der Waals surface area contributed by atoms with Crippen molar-refractivity contribution in [3.8, 4) is 11.1 Å². The molecule has 2 amide bonds. The van der Waals surface area contributed by atoms with E-state index in [9.17, 15) is 9.59 Å². The molecule has 0 aliphatic heterocycles. The highest BCUT2D eigenvalue weighted by Crippen LogP contribution is 2.33. The molecule has 0 aliphatic carbocycles. The number of benzene rings is 1. The number of hydrogen-bond donors (Lipinski definition) is 4. The normalized spacial score (nSPS) is 11.6. The molecule has 0 bridgehead atoms. The first-order valence-electron chi connectivity index (χ1n) is 10.0. The Balaban J connectivity index is 1.66. The fraction of sp³-hybridized carbons (Fsp3) is 0.0870. The summed E-state index contributed by atoms with van der Waals surface area (Å²) >= 11 is 0. The lowest BCUT2D eigenvalue weighted by atomic mass is 10.0. The molecule has 1 aromatic carbocycles. The number of fused-ring (bicyclic) bond motifs is 1. The van der Waals surface area contributed by atoms with Gasteiger partial charge in [-0.1, -0.05) is 24.3 Å². The standard InChI is InChI=1S/C23H21N7O3/c1-2-16(28-23(32)33)11-30-12-17(19-20(24)26-13-27-21(19)30)14-6-8-15(9-7-14)22(31)29-18-5-3-4-10-25-18/h2-10,12-13,16,28H,1,11H2,(H,32,33)(H2,24,26,27)(H,25,29,31). The van der Waals surface area contributed by atoms with Crippen molar-refractivity contribution in [1.82, 2.24) is 24.8 Å². The van der Waals surface area contributed by atoms with E-state index in [2.05, 4.69) is 32.2 Å². The molecule has 3 heterocycles. The number of anilines is 2. The average molecular weight is 443 g/mol. The number of rotatable bonds is 7. The van der Waals surface area contributed by atoms with Gasteiger partial charge in [0.1, 0.15) is 23.6 Å². The van der Waals surface area contributed by atoms with Crippen LogP contribution in [0.3, 0.4) is 0 Å². The third-order valence-corrected chi connectivity index (χ3v) is 5.03. The number of carbonyl (C=O) groups excluding carboxylic acids is 1. The molecule has 0 saturated carbocycles. The average Bonchev–Trinajstić information content (AvgIpc) is 3.18. The van der Waals surface area contributed by atoms with Crippen molar-refractivity contribution >= 4 is 34.7 Å². The lowest BCUT2D eigenvalue weighted by molar-refractivity contribution is 0.102. The highest BCUT2D eigenvalue weighted by Gasteiger charge is 2.18. The first kappa shape index (κ1) is 21.5. The van der Waals surface area contributed by atoms with E-state index >= 15 is 0 Å². The molecule has 10 heteroatoms. The summed E-state index contributed by atoms with van der Waals surface area (Å²) in [6, 6.07) is 11.8. The molecule has 0 aliphatic rings. The molecule has 1 atom stereocenters. The number of nitrogens with two attached hydrogens (primary N) is 1. The summed E-state index contributed by atoms with van der Waals surface area (Å²) in [4.78, 5) is 36.1. The number of amides is 2. The van der Waals surface area contributed by atoms with Crippen molar-refractivity contribution in [3.63, 3.8) is 0 Å². The number of aromatic nitrogens is 4. The van der Waals surface area contributed by atoms with Crippen molar-refractivity contribution in [1.29, 1.82) is 0 Å². The van der Waals surface area contributed by atoms with Gasteiger partial charge >= 0.3 is 6.09 Å². The highest BCUT2D eigenvalue weighted by molar-refractivity contribution is 6.05. The number of nitrogen functional groups attached to an aromatic ring is 1. The van der Waals surface area contributed by atoms with Crippen LogP contribution in [0, 0.1) is 0 Å². The van der Waals surface area contributed by atoms with Gasteiger partial charge < -0.3 is 26.0 Å². The molecule has 3 aromatic heterocycles. The van der Waals surface area contributed by atoms with E-state index in [0.29, 0.717) is 28.2 Å². The largest absolute Gasteiger partial charge is 0.465 e. The van der Waals surface area contributed by atoms with E-state index in [1.54, 1.807) is 53.2 Å². The van der Waals surface area contributed by atoms with E-state index in [-0.39, 0.29) is 12.5 Å². The summed E-state index contributed by atoms with van der Waals surface area (Å²) in [6.07, 6.45) is 5.16. The summed E-state index contributed by atoms with van der Waals surface area (Å²) in [5, 5.41) is 14.8. The second kappa shape index (κ2) is 9.18. The van der Waals surface area contributed by atoms with E-state index in [4.69, 9.17) is 10.8 Å². The van der Waals surface area contributed by atoms with Crippen LogP contribution in [0.15, 0.2) is 73.8 Å². The summed E-state index contributed by atoms with van der Waals surface area (Å²) in [6.45, 7) is 3.96. The van der Waals surface area contributed by atoms with Crippen LogP contribution in [0.25, 0.3) is 22.2 Å². The number of carboxylic acid groups (broad SMARTS) is 1. The molecule has 10 nitrogen and oxygen atoms in total. The fourth-order valence-corrected chi connectivity index (χ4v) is 3.48. The maximum absolute atomic E-state index is 12.5. The Morgan fingerprint density at radius 1 is 1.15 bits per heavy atom. The number of nitrogens with one attached hydrogen (secondary N) is 2. The molecule has 4 rings (SSSR count). The monoisotopic (exact) mass is 443 g/mol. The zero-order valence-corrected chi connectivity index (χ0v) is 17.5. The van der Waals surface area contributed by atoms with E-state index in [0.717, 1.165) is 11.1 Å². The molecule has 33 heavy (non-hydrogen) atoms. The Labute approximate surface area is 188 Å². The second-order valence-electron chi connectivity index (χ2n) is 7.19. The minimum Gasteiger partial charge on any atom is -0.465 e. The van der Waals surface area contributed by atoms with Gasteiger partial charge in [-0.25, -0.2) is 19.7 Å². The van der Waals surface area contributed by atoms with Gasteiger partial charge in [0.2, 0.25) is 0 Å². The second-order valence-corrected chi connectivity index (χ2v) is 7.19. The van der Waals surface area contributed by atoms with Crippen LogP contribution in [0.1, 0.15) is 10.4 Å². The van der Waals surface area contributed by atoms with Gasteiger partial charge in [-0.05, 0) is 29.8 Å². The Morgan fingerprint density at radius 3 is 2.61 bits per heavy atom. The molecule has 0 spiro atoms. The van der Waals surface area contributed by atoms with Gasteiger partial charge in [0, 0.05) is 30.1 Å². The Bertz CT molecular complexity index is 1320. The smallest absolute Gasteiger partial charge is 0.405 e. The first-order chi connectivity index (χ1) is 16.0. The lowest BCUT2D eigenvalue weighted by Crippen LogP contribution is -2.35. The van der Waals surface area contributed by atoms with E-state index < -0.39 is 12.1 Å². The first-order valence-corrected chi connectivity index (χ1v) is 10.0. The molecule has 0 fully saturated rings. The minimum absolute atomic E-state index is 0.271. The lowest BCUT2D eigenvalue weighted by Gasteiger charge is -2.13. The Hall–Kier alpha value is -4.73. The summed E-state index contributed by atoms with van der Waals surface area (Å²) in [7, 11) is 0. The molecule has 1 unspecified atom stereocenters. The van der Waals surface area contributed by atoms with Crippen LogP contribution in [0.2, 0.25) is 0 Å². The van der Waals surface area contributed by atoms with Crippen molar-refractivity contribution in [2.45, 2.75) is 12.6 Å². The van der Waals surface area contributed by atoms with E-state index in [1.165, 1.54) is 12.4 Å². The number of hydrogen-bond acceptors (Lipinski definition) is 6. The maximum atomic E-state index is 12.5. The van der Waals surface area contributed by atoms with Crippen LogP contribution >= 0.6 is 0 Å². The third-order valence-electron chi connectivity index (χ3n) is 5.03. The third kappa shape index (κ3) is 4.64. The SMILES string of the molecule is C=CC(Cn1cc(-c2ccc(C(=O)Nc3ccccn3)cc2)c2c(N)ncnc21)NC(=O)O. The van der Waals surface area contributed by atoms with Crippen molar-refractivity contribution in [3.05, 3.63) is 79.4 Å². The molecular formula is C23H21N7O3. The van der Waals surface area contributed by atoms with Gasteiger partial charge in [0.05, 0.1) is 11.4 Å². The van der Waals surface area contributed by atoms with Crippen molar-refractivity contribution in [2.24, 2.45) is 0 Å². The van der Waals surface area contributed by atoms with Gasteiger partial charge in [-0.2, -0.15) is 0 Å². The van der Waals surface area contributed by atoms with Crippen molar-refractivity contribution in [2.75, 3.05) is 11.1 Å². The molecule has 5 N–H and O–H groups in total. The van der Waals surface area contributed by atoms with Crippen LogP contribution in [-0.4, -0.2) is 42.7 Å². The van der Waals surface area contributed by atoms with Crippen LogP contribution < -0.4 is 16.4 Å². The fourth-order valence-electron chi connectivity index (χ4n) is 3.48. The van der Waals surface area contributed by atoms with Crippen LogP contribution in [-0.2, 0) is 6.54 Å². The van der Waals surface area contributed by atoms with Gasteiger partial charge in [-0.3, -0.25) is 4.79 Å². The Morgan fingerprint density at radius 2 is 1.94 bits per heavy atom. The molecular weight excluding hydrogens is 422 g/mol. The predicted octanol–water partition coefficient (Wildman–Crippen LogP) is 3.15. The zero-order valence-electron chi connectivity index (χ0n) is 17.5. The van der Waals surface area contributed by atoms with Gasteiger partial charge in [0.15, 0.2) is 0 Å². The maximum Gasteiger partial charge on any atom is 0.405 e. The van der Waals surface area contributed by atoms with E-state index in [1.807, 2.05) is 6.20 Å². The number of pyridine rings is 1. The number of carbonyl (C=O) groups is 2. The molecule has 0 radical (unpaired) electrons. The quantitative estimate of drug-likeness (QED) is 0.321.